The van der Waals surface area contributed by atoms with E-state index in [1.54, 1.807) is 4.52 Å². The van der Waals surface area contributed by atoms with Crippen LogP contribution in [0, 0.1) is 0 Å². The topological polar surface area (TPSA) is 133 Å². The van der Waals surface area contributed by atoms with Gasteiger partial charge in [0.1, 0.15) is 12.7 Å². The van der Waals surface area contributed by atoms with Crippen LogP contribution in [-0.4, -0.2) is 52.7 Å². The third-order valence-electron chi connectivity index (χ3n) is 4.45. The molecule has 0 saturated heterocycles. The lowest BCUT2D eigenvalue weighted by Crippen LogP contribution is -2.27. The SMILES string of the molecule is NCC(Cn1ncn(Cc2ccc(-c3ccn4ncnc4c3)s2)c1=O)=C(F)F.O=C(O)C(F)(F)F. The Balaban J connectivity index is 0.000000429. The first-order valence-electron chi connectivity index (χ1n) is 9.53. The fraction of sp³-hybridized carbons (Fsp3) is 0.211. The number of aromatic nitrogens is 6. The summed E-state index contributed by atoms with van der Waals surface area (Å²) in [5.41, 5.74) is 6.26. The molecule has 0 fully saturated rings. The van der Waals surface area contributed by atoms with Crippen LogP contribution < -0.4 is 11.4 Å². The third-order valence-corrected chi connectivity index (χ3v) is 5.57. The van der Waals surface area contributed by atoms with Gasteiger partial charge in [0.25, 0.3) is 6.08 Å². The van der Waals surface area contributed by atoms with Gasteiger partial charge in [0.2, 0.25) is 0 Å². The largest absolute Gasteiger partial charge is 0.490 e. The van der Waals surface area contributed by atoms with E-state index in [1.165, 1.54) is 28.6 Å². The summed E-state index contributed by atoms with van der Waals surface area (Å²) in [5.74, 6) is -2.76. The molecule has 4 heterocycles. The molecule has 0 radical (unpaired) electrons. The van der Waals surface area contributed by atoms with E-state index in [0.717, 1.165) is 25.6 Å². The van der Waals surface area contributed by atoms with Crippen molar-refractivity contribution in [2.45, 2.75) is 19.3 Å². The van der Waals surface area contributed by atoms with Crippen molar-refractivity contribution in [2.24, 2.45) is 5.73 Å². The maximum atomic E-state index is 12.8. The summed E-state index contributed by atoms with van der Waals surface area (Å²) < 4.78 is 61.3. The van der Waals surface area contributed by atoms with Gasteiger partial charge in [0.05, 0.1) is 13.1 Å². The van der Waals surface area contributed by atoms with Gasteiger partial charge in [-0.15, -0.1) is 11.3 Å². The molecule has 3 N–H and O–H groups in total. The highest BCUT2D eigenvalue weighted by Gasteiger charge is 2.38. The fourth-order valence-electron chi connectivity index (χ4n) is 2.73. The highest BCUT2D eigenvalue weighted by molar-refractivity contribution is 7.15. The molecule has 0 aliphatic rings. The predicted octanol–water partition coefficient (Wildman–Crippen LogP) is 2.61. The van der Waals surface area contributed by atoms with Gasteiger partial charge in [0, 0.05) is 28.1 Å². The van der Waals surface area contributed by atoms with Crippen molar-refractivity contribution < 1.29 is 31.9 Å². The molecule has 4 aromatic heterocycles. The number of halogens is 5. The smallest absolute Gasteiger partial charge is 0.475 e. The Kier molecular flexibility index (Phi) is 7.75. The van der Waals surface area contributed by atoms with Gasteiger partial charge in [-0.1, -0.05) is 0 Å². The van der Waals surface area contributed by atoms with Crippen molar-refractivity contribution in [1.29, 1.82) is 0 Å². The Morgan fingerprint density at radius 1 is 1.17 bits per heavy atom. The van der Waals surface area contributed by atoms with Crippen LogP contribution in [0.3, 0.4) is 0 Å². The summed E-state index contributed by atoms with van der Waals surface area (Å²) in [6, 6.07) is 7.75. The molecule has 16 heteroatoms. The average molecular weight is 517 g/mol. The highest BCUT2D eigenvalue weighted by Crippen LogP contribution is 2.28. The molecule has 0 aliphatic carbocycles. The molecule has 4 rings (SSSR count). The van der Waals surface area contributed by atoms with Crippen LogP contribution in [0.4, 0.5) is 22.0 Å². The van der Waals surface area contributed by atoms with Gasteiger partial charge < -0.3 is 10.8 Å². The van der Waals surface area contributed by atoms with Crippen molar-refractivity contribution >= 4 is 23.0 Å². The molecule has 10 nitrogen and oxygen atoms in total. The van der Waals surface area contributed by atoms with Crippen LogP contribution in [0.15, 0.2) is 59.6 Å². The highest BCUT2D eigenvalue weighted by atomic mass is 32.1. The van der Waals surface area contributed by atoms with Crippen molar-refractivity contribution in [3.05, 3.63) is 70.1 Å². The molecular formula is C19H16F5N7O3S. The zero-order chi connectivity index (χ0) is 25.8. The van der Waals surface area contributed by atoms with E-state index in [0.29, 0.717) is 6.54 Å². The molecule has 0 spiro atoms. The minimum atomic E-state index is -5.08. The summed E-state index contributed by atoms with van der Waals surface area (Å²) in [6.45, 7) is -0.346. The second kappa shape index (κ2) is 10.6. The number of carboxylic acid groups (broad SMARTS) is 1. The number of nitrogens with two attached hydrogens (primary N) is 1. The number of rotatable bonds is 6. The summed E-state index contributed by atoms with van der Waals surface area (Å²) in [7, 11) is 0. The molecule has 0 amide bonds. The molecule has 4 aromatic rings. The van der Waals surface area contributed by atoms with E-state index < -0.39 is 23.9 Å². The van der Waals surface area contributed by atoms with Gasteiger partial charge in [-0.3, -0.25) is 4.57 Å². The maximum Gasteiger partial charge on any atom is 0.490 e. The van der Waals surface area contributed by atoms with Crippen LogP contribution in [-0.2, 0) is 17.9 Å². The van der Waals surface area contributed by atoms with E-state index in [1.807, 2.05) is 30.5 Å². The lowest BCUT2D eigenvalue weighted by atomic mass is 10.2. The normalized spacial score (nSPS) is 11.3. The van der Waals surface area contributed by atoms with Crippen molar-refractivity contribution in [1.82, 2.24) is 28.9 Å². The Labute approximate surface area is 196 Å². The van der Waals surface area contributed by atoms with Gasteiger partial charge >= 0.3 is 17.8 Å². The molecule has 0 aromatic carbocycles. The van der Waals surface area contributed by atoms with E-state index in [4.69, 9.17) is 15.6 Å². The lowest BCUT2D eigenvalue weighted by Gasteiger charge is -2.02. The molecule has 0 bridgehead atoms. The average Bonchev–Trinajstić information content (AvgIpc) is 3.53. The minimum Gasteiger partial charge on any atom is -0.475 e. The summed E-state index contributed by atoms with van der Waals surface area (Å²) in [4.78, 5) is 27.4. The number of nitrogens with zero attached hydrogens (tertiary/aromatic N) is 6. The standard InChI is InChI=1S/C17H15F2N7OS.C2HF3O2/c18-16(19)12(6-20)7-26-17(27)24(10-23-26)8-13-1-2-14(28-13)11-3-4-25-15(5-11)21-9-22-25;3-2(4,5)1(6)7/h1-5,9-10H,6-8,20H2;(H,6,7). The number of carboxylic acids is 1. The summed E-state index contributed by atoms with van der Waals surface area (Å²) in [5, 5.41) is 15.1. The Bertz CT molecular complexity index is 1420. The number of hydrogen-bond acceptors (Lipinski definition) is 7. The number of aliphatic carboxylic acids is 1. The molecule has 186 valence electrons. The molecule has 0 unspecified atom stereocenters. The van der Waals surface area contributed by atoms with Gasteiger partial charge in [0.15, 0.2) is 5.65 Å². The predicted molar refractivity (Wildman–Crippen MR) is 114 cm³/mol. The number of alkyl halides is 3. The second-order valence-electron chi connectivity index (χ2n) is 6.81. The number of pyridine rings is 1. The molecular weight excluding hydrogens is 501 g/mol. The van der Waals surface area contributed by atoms with Gasteiger partial charge in [-0.05, 0) is 29.8 Å². The third kappa shape index (κ3) is 6.36. The van der Waals surface area contributed by atoms with Crippen LogP contribution in [0.25, 0.3) is 16.1 Å². The zero-order valence-electron chi connectivity index (χ0n) is 17.5. The monoisotopic (exact) mass is 517 g/mol. The van der Waals surface area contributed by atoms with E-state index in [9.17, 15) is 26.7 Å². The van der Waals surface area contributed by atoms with Crippen molar-refractivity contribution in [3.8, 4) is 10.4 Å². The second-order valence-corrected chi connectivity index (χ2v) is 7.98. The molecule has 0 aliphatic heterocycles. The summed E-state index contributed by atoms with van der Waals surface area (Å²) in [6.07, 6.45) is -2.30. The lowest BCUT2D eigenvalue weighted by molar-refractivity contribution is -0.192. The van der Waals surface area contributed by atoms with E-state index in [2.05, 4.69) is 15.2 Å². The quantitative estimate of drug-likeness (QED) is 0.376. The summed E-state index contributed by atoms with van der Waals surface area (Å²) >= 11 is 1.53. The van der Waals surface area contributed by atoms with E-state index >= 15 is 0 Å². The Morgan fingerprint density at radius 3 is 2.51 bits per heavy atom. The molecule has 0 saturated carbocycles. The van der Waals surface area contributed by atoms with Crippen LogP contribution >= 0.6 is 11.3 Å². The van der Waals surface area contributed by atoms with Gasteiger partial charge in [-0.25, -0.2) is 23.8 Å². The van der Waals surface area contributed by atoms with Crippen molar-refractivity contribution in [3.63, 3.8) is 0 Å². The van der Waals surface area contributed by atoms with E-state index in [-0.39, 0.29) is 18.7 Å². The number of carbonyl (C=O) groups is 1. The first-order valence-corrected chi connectivity index (χ1v) is 10.3. The van der Waals surface area contributed by atoms with Crippen LogP contribution in [0.5, 0.6) is 0 Å². The Hall–Kier alpha value is -3.92. The first-order chi connectivity index (χ1) is 16.5. The first kappa shape index (κ1) is 25.7. The number of hydrogen-bond donors (Lipinski definition) is 2. The fourth-order valence-corrected chi connectivity index (χ4v) is 3.73. The Morgan fingerprint density at radius 2 is 1.89 bits per heavy atom. The number of thiophene rings is 1. The van der Waals surface area contributed by atoms with Gasteiger partial charge in [-0.2, -0.15) is 32.1 Å². The van der Waals surface area contributed by atoms with Crippen LogP contribution in [0.1, 0.15) is 4.88 Å². The molecule has 0 atom stereocenters. The van der Waals surface area contributed by atoms with Crippen LogP contribution in [0.2, 0.25) is 0 Å². The van der Waals surface area contributed by atoms with Crippen molar-refractivity contribution in [2.75, 3.05) is 6.54 Å². The molecule has 35 heavy (non-hydrogen) atoms. The minimum absolute atomic E-state index is 0.302. The number of fused-ring (bicyclic) bond motifs is 1. The zero-order valence-corrected chi connectivity index (χ0v) is 18.3. The maximum absolute atomic E-state index is 12.8.